The van der Waals surface area contributed by atoms with Gasteiger partial charge in [-0.2, -0.15) is 0 Å². The standard InChI is InChI=1S/C14H14N2O2/c17-14(18)13-8-15-9-16(13)12-7-3-5-10-4-1-2-6-11(10)12/h1-2,4,6,8-9,12H,3,5,7H2,(H,17,18). The van der Waals surface area contributed by atoms with Gasteiger partial charge in [0.05, 0.1) is 18.6 Å². The number of nitrogens with zero attached hydrogens (tertiary/aromatic N) is 2. The number of hydrogen-bond acceptors (Lipinski definition) is 2. The third kappa shape index (κ3) is 1.70. The fourth-order valence-corrected chi connectivity index (χ4v) is 2.74. The highest BCUT2D eigenvalue weighted by molar-refractivity contribution is 5.85. The fourth-order valence-electron chi connectivity index (χ4n) is 2.74. The predicted molar refractivity (Wildman–Crippen MR) is 66.7 cm³/mol. The van der Waals surface area contributed by atoms with Crippen LogP contribution in [-0.4, -0.2) is 20.6 Å². The average Bonchev–Trinajstić information content (AvgIpc) is 2.87. The van der Waals surface area contributed by atoms with Crippen molar-refractivity contribution in [2.45, 2.75) is 25.3 Å². The molecule has 1 aliphatic carbocycles. The first-order valence-electron chi connectivity index (χ1n) is 6.10. The Bertz CT molecular complexity index is 589. The predicted octanol–water partition coefficient (Wildman–Crippen LogP) is 2.51. The molecule has 0 aliphatic heterocycles. The van der Waals surface area contributed by atoms with Crippen LogP contribution < -0.4 is 0 Å². The third-order valence-electron chi connectivity index (χ3n) is 3.56. The van der Waals surface area contributed by atoms with Gasteiger partial charge in [0, 0.05) is 0 Å². The monoisotopic (exact) mass is 242 g/mol. The molecular weight excluding hydrogens is 228 g/mol. The number of rotatable bonds is 2. The molecule has 92 valence electrons. The van der Waals surface area contributed by atoms with Crippen LogP contribution in [0.15, 0.2) is 36.8 Å². The van der Waals surface area contributed by atoms with Crippen LogP contribution in [0, 0.1) is 0 Å². The van der Waals surface area contributed by atoms with Gasteiger partial charge in [-0.25, -0.2) is 9.78 Å². The lowest BCUT2D eigenvalue weighted by atomic mass is 9.87. The summed E-state index contributed by atoms with van der Waals surface area (Å²) in [4.78, 5) is 15.2. The van der Waals surface area contributed by atoms with Gasteiger partial charge in [-0.1, -0.05) is 24.3 Å². The molecule has 0 radical (unpaired) electrons. The maximum absolute atomic E-state index is 11.2. The fraction of sp³-hybridized carbons (Fsp3) is 0.286. The van der Waals surface area contributed by atoms with E-state index in [9.17, 15) is 9.90 Å². The zero-order valence-electron chi connectivity index (χ0n) is 9.91. The van der Waals surface area contributed by atoms with Crippen molar-refractivity contribution in [1.29, 1.82) is 0 Å². The van der Waals surface area contributed by atoms with E-state index in [1.54, 1.807) is 10.9 Å². The molecule has 0 saturated carbocycles. The lowest BCUT2D eigenvalue weighted by Crippen LogP contribution is -2.20. The van der Waals surface area contributed by atoms with Crippen LogP contribution in [0.2, 0.25) is 0 Å². The molecule has 0 fully saturated rings. The number of carbonyl (C=O) groups is 1. The maximum Gasteiger partial charge on any atom is 0.354 e. The summed E-state index contributed by atoms with van der Waals surface area (Å²) in [6, 6.07) is 8.36. The number of imidazole rings is 1. The summed E-state index contributed by atoms with van der Waals surface area (Å²) in [6.07, 6.45) is 6.16. The van der Waals surface area contributed by atoms with E-state index in [-0.39, 0.29) is 11.7 Å². The van der Waals surface area contributed by atoms with Gasteiger partial charge in [0.2, 0.25) is 0 Å². The molecule has 0 bridgehead atoms. The van der Waals surface area contributed by atoms with Crippen molar-refractivity contribution in [2.75, 3.05) is 0 Å². The molecule has 1 heterocycles. The SMILES string of the molecule is O=C(O)c1cncn1C1CCCc2ccccc21. The van der Waals surface area contributed by atoms with Gasteiger partial charge in [0.25, 0.3) is 0 Å². The molecule has 2 aromatic rings. The van der Waals surface area contributed by atoms with Gasteiger partial charge in [-0.15, -0.1) is 0 Å². The zero-order chi connectivity index (χ0) is 12.5. The van der Waals surface area contributed by atoms with Gasteiger partial charge < -0.3 is 9.67 Å². The second-order valence-corrected chi connectivity index (χ2v) is 4.60. The summed E-state index contributed by atoms with van der Waals surface area (Å²) < 4.78 is 1.78. The molecule has 0 spiro atoms. The summed E-state index contributed by atoms with van der Waals surface area (Å²) in [5.74, 6) is -0.921. The van der Waals surface area contributed by atoms with Gasteiger partial charge in [-0.05, 0) is 30.4 Å². The summed E-state index contributed by atoms with van der Waals surface area (Å²) in [5.41, 5.74) is 2.81. The largest absolute Gasteiger partial charge is 0.477 e. The number of carboxylic acids is 1. The van der Waals surface area contributed by atoms with E-state index in [0.717, 1.165) is 19.3 Å². The molecule has 1 N–H and O–H groups in total. The third-order valence-corrected chi connectivity index (χ3v) is 3.56. The minimum absolute atomic E-state index is 0.101. The zero-order valence-corrected chi connectivity index (χ0v) is 9.91. The highest BCUT2D eigenvalue weighted by atomic mass is 16.4. The van der Waals surface area contributed by atoms with E-state index >= 15 is 0 Å². The molecule has 1 aromatic heterocycles. The molecule has 4 heteroatoms. The molecule has 3 rings (SSSR count). The number of hydrogen-bond donors (Lipinski definition) is 1. The first-order valence-corrected chi connectivity index (χ1v) is 6.10. The Labute approximate surface area is 105 Å². The van der Waals surface area contributed by atoms with Crippen molar-refractivity contribution in [3.63, 3.8) is 0 Å². The number of fused-ring (bicyclic) bond motifs is 1. The molecule has 18 heavy (non-hydrogen) atoms. The lowest BCUT2D eigenvalue weighted by Gasteiger charge is -2.27. The molecule has 1 unspecified atom stereocenters. The highest BCUT2D eigenvalue weighted by Gasteiger charge is 2.24. The molecule has 1 aromatic carbocycles. The van der Waals surface area contributed by atoms with E-state index in [4.69, 9.17) is 0 Å². The maximum atomic E-state index is 11.2. The minimum Gasteiger partial charge on any atom is -0.477 e. The average molecular weight is 242 g/mol. The van der Waals surface area contributed by atoms with E-state index < -0.39 is 5.97 Å². The molecule has 1 atom stereocenters. The van der Waals surface area contributed by atoms with Crippen LogP contribution >= 0.6 is 0 Å². The number of aryl methyl sites for hydroxylation is 1. The summed E-state index contributed by atoms with van der Waals surface area (Å²) >= 11 is 0. The Hall–Kier alpha value is -2.10. The summed E-state index contributed by atoms with van der Waals surface area (Å²) in [7, 11) is 0. The second kappa shape index (κ2) is 4.29. The van der Waals surface area contributed by atoms with Crippen molar-refractivity contribution >= 4 is 5.97 Å². The molecule has 0 saturated heterocycles. The highest BCUT2D eigenvalue weighted by Crippen LogP contribution is 2.33. The summed E-state index contributed by atoms with van der Waals surface area (Å²) in [5, 5.41) is 9.17. The Balaban J connectivity index is 2.08. The number of aromatic nitrogens is 2. The number of benzene rings is 1. The van der Waals surface area contributed by atoms with Crippen LogP contribution in [0.1, 0.15) is 40.5 Å². The Kier molecular flexibility index (Phi) is 2.63. The van der Waals surface area contributed by atoms with Crippen molar-refractivity contribution in [3.05, 3.63) is 53.6 Å². The molecule has 1 aliphatic rings. The van der Waals surface area contributed by atoms with Gasteiger partial charge in [0.15, 0.2) is 0 Å². The van der Waals surface area contributed by atoms with Crippen molar-refractivity contribution < 1.29 is 9.90 Å². The van der Waals surface area contributed by atoms with Crippen molar-refractivity contribution in [1.82, 2.24) is 9.55 Å². The number of aromatic carboxylic acids is 1. The smallest absolute Gasteiger partial charge is 0.354 e. The van der Waals surface area contributed by atoms with E-state index in [0.29, 0.717) is 0 Å². The van der Waals surface area contributed by atoms with E-state index in [2.05, 4.69) is 17.1 Å². The van der Waals surface area contributed by atoms with Gasteiger partial charge in [0.1, 0.15) is 5.69 Å². The van der Waals surface area contributed by atoms with Crippen LogP contribution in [0.3, 0.4) is 0 Å². The molecular formula is C14H14N2O2. The Morgan fingerprint density at radius 2 is 2.22 bits per heavy atom. The minimum atomic E-state index is -0.921. The van der Waals surface area contributed by atoms with Crippen molar-refractivity contribution in [2.24, 2.45) is 0 Å². The first-order chi connectivity index (χ1) is 8.77. The van der Waals surface area contributed by atoms with Crippen LogP contribution in [0.5, 0.6) is 0 Å². The van der Waals surface area contributed by atoms with Crippen LogP contribution in [-0.2, 0) is 6.42 Å². The summed E-state index contributed by atoms with van der Waals surface area (Å²) in [6.45, 7) is 0. The van der Waals surface area contributed by atoms with Crippen molar-refractivity contribution in [3.8, 4) is 0 Å². The topological polar surface area (TPSA) is 55.1 Å². The van der Waals surface area contributed by atoms with Crippen LogP contribution in [0.4, 0.5) is 0 Å². The number of carboxylic acid groups (broad SMARTS) is 1. The quantitative estimate of drug-likeness (QED) is 0.880. The lowest BCUT2D eigenvalue weighted by molar-refractivity contribution is 0.0683. The Morgan fingerprint density at radius 1 is 1.39 bits per heavy atom. The normalized spacial score (nSPS) is 18.3. The second-order valence-electron chi connectivity index (χ2n) is 4.60. The van der Waals surface area contributed by atoms with Gasteiger partial charge >= 0.3 is 5.97 Å². The Morgan fingerprint density at radius 3 is 3.06 bits per heavy atom. The van der Waals surface area contributed by atoms with Gasteiger partial charge in [-0.3, -0.25) is 0 Å². The van der Waals surface area contributed by atoms with E-state index in [1.807, 2.05) is 12.1 Å². The van der Waals surface area contributed by atoms with E-state index in [1.165, 1.54) is 17.3 Å². The molecule has 4 nitrogen and oxygen atoms in total. The first kappa shape index (κ1) is 11.0. The molecule has 0 amide bonds. The van der Waals surface area contributed by atoms with Crippen LogP contribution in [0.25, 0.3) is 0 Å².